The largest absolute Gasteiger partial charge is 0.202 e. The standard InChI is InChI=1S/C4H7Cl3S2/c1-3(9-8-2)4(5,6)7/h3H,1-2H3/t3-/m0/s1. The Morgan fingerprint density at radius 3 is 1.89 bits per heavy atom. The average Bonchev–Trinajstić information content (AvgIpc) is 1.64. The Morgan fingerprint density at radius 2 is 1.78 bits per heavy atom. The van der Waals surface area contributed by atoms with Crippen LogP contribution in [0, 0.1) is 0 Å². The van der Waals surface area contributed by atoms with Gasteiger partial charge in [-0.3, -0.25) is 0 Å². The smallest absolute Gasteiger partial charge is 0.0972 e. The highest BCUT2D eigenvalue weighted by molar-refractivity contribution is 8.76. The number of alkyl halides is 3. The Hall–Kier alpha value is 1.57. The maximum absolute atomic E-state index is 5.56. The monoisotopic (exact) mass is 224 g/mol. The van der Waals surface area contributed by atoms with Gasteiger partial charge in [-0.05, 0) is 13.2 Å². The first-order valence-electron chi connectivity index (χ1n) is 2.24. The van der Waals surface area contributed by atoms with Crippen LogP contribution in [0.3, 0.4) is 0 Å². The Labute approximate surface area is 78.4 Å². The Morgan fingerprint density at radius 1 is 1.33 bits per heavy atom. The van der Waals surface area contributed by atoms with Gasteiger partial charge in [0.1, 0.15) is 0 Å². The first kappa shape index (κ1) is 10.6. The van der Waals surface area contributed by atoms with Crippen LogP contribution in [0.4, 0.5) is 0 Å². The van der Waals surface area contributed by atoms with Crippen molar-refractivity contribution in [1.29, 1.82) is 0 Å². The highest BCUT2D eigenvalue weighted by atomic mass is 35.6. The maximum Gasteiger partial charge on any atom is 0.202 e. The van der Waals surface area contributed by atoms with E-state index in [0.29, 0.717) is 0 Å². The molecule has 0 spiro atoms. The molecule has 0 aromatic carbocycles. The minimum atomic E-state index is -1.13. The second-order valence-corrected chi connectivity index (χ2v) is 6.63. The van der Waals surface area contributed by atoms with Crippen LogP contribution in [0.15, 0.2) is 0 Å². The van der Waals surface area contributed by atoms with Crippen molar-refractivity contribution in [2.45, 2.75) is 16.0 Å². The van der Waals surface area contributed by atoms with Crippen molar-refractivity contribution in [1.82, 2.24) is 0 Å². The predicted molar refractivity (Wildman–Crippen MR) is 50.9 cm³/mol. The van der Waals surface area contributed by atoms with Crippen LogP contribution in [0.2, 0.25) is 0 Å². The molecule has 0 saturated carbocycles. The third-order valence-corrected chi connectivity index (χ3v) is 4.35. The van der Waals surface area contributed by atoms with E-state index in [9.17, 15) is 0 Å². The van der Waals surface area contributed by atoms with E-state index in [0.717, 1.165) is 0 Å². The zero-order valence-electron chi connectivity index (χ0n) is 5.03. The number of rotatable bonds is 2. The molecule has 0 amide bonds. The van der Waals surface area contributed by atoms with Crippen LogP contribution in [-0.4, -0.2) is 15.3 Å². The van der Waals surface area contributed by atoms with Crippen LogP contribution < -0.4 is 0 Å². The van der Waals surface area contributed by atoms with E-state index in [-0.39, 0.29) is 5.25 Å². The third-order valence-electron chi connectivity index (χ3n) is 0.702. The Kier molecular flexibility index (Phi) is 5.22. The fourth-order valence-electron chi connectivity index (χ4n) is 0.199. The molecule has 0 aliphatic heterocycles. The summed E-state index contributed by atoms with van der Waals surface area (Å²) in [4.78, 5) is 0. The summed E-state index contributed by atoms with van der Waals surface area (Å²) in [7, 11) is 3.16. The fourth-order valence-corrected chi connectivity index (χ4v) is 2.77. The summed E-state index contributed by atoms with van der Waals surface area (Å²) in [6.45, 7) is 1.88. The second-order valence-electron chi connectivity index (χ2n) is 1.45. The van der Waals surface area contributed by atoms with E-state index in [2.05, 4.69) is 0 Å². The highest BCUT2D eigenvalue weighted by Crippen LogP contribution is 2.40. The summed E-state index contributed by atoms with van der Waals surface area (Å²) < 4.78 is -1.13. The first-order valence-corrected chi connectivity index (χ1v) is 6.00. The highest BCUT2D eigenvalue weighted by Gasteiger charge is 2.28. The molecule has 0 aliphatic carbocycles. The van der Waals surface area contributed by atoms with Crippen molar-refractivity contribution in [2.75, 3.05) is 6.26 Å². The van der Waals surface area contributed by atoms with Gasteiger partial charge in [-0.1, -0.05) is 56.4 Å². The van der Waals surface area contributed by atoms with Gasteiger partial charge in [0, 0.05) is 0 Å². The molecule has 9 heavy (non-hydrogen) atoms. The summed E-state index contributed by atoms with van der Waals surface area (Å²) in [5.74, 6) is 0. The zero-order chi connectivity index (χ0) is 7.49. The van der Waals surface area contributed by atoms with Gasteiger partial charge >= 0.3 is 0 Å². The van der Waals surface area contributed by atoms with Crippen molar-refractivity contribution in [3.8, 4) is 0 Å². The molecule has 1 atom stereocenters. The molecule has 0 aromatic rings. The SMILES string of the molecule is CSS[C@@H](C)C(Cl)(Cl)Cl. The molecule has 0 rings (SSSR count). The zero-order valence-corrected chi connectivity index (χ0v) is 8.93. The first-order chi connectivity index (χ1) is 3.98. The molecule has 0 unspecified atom stereocenters. The lowest BCUT2D eigenvalue weighted by atomic mass is 10.5. The number of hydrogen-bond donors (Lipinski definition) is 0. The molecule has 0 saturated heterocycles. The van der Waals surface area contributed by atoms with Gasteiger partial charge < -0.3 is 0 Å². The lowest BCUT2D eigenvalue weighted by Gasteiger charge is -2.17. The molecule has 56 valence electrons. The number of halogens is 3. The van der Waals surface area contributed by atoms with Crippen molar-refractivity contribution >= 4 is 56.4 Å². The molecular formula is C4H7Cl3S2. The van der Waals surface area contributed by atoms with Gasteiger partial charge in [0.15, 0.2) is 0 Å². The topological polar surface area (TPSA) is 0 Å². The predicted octanol–water partition coefficient (Wildman–Crippen LogP) is 3.76. The lowest BCUT2D eigenvalue weighted by Crippen LogP contribution is -2.16. The summed E-state index contributed by atoms with van der Waals surface area (Å²) in [5.41, 5.74) is 0. The molecule has 0 aromatic heterocycles. The van der Waals surface area contributed by atoms with Crippen molar-refractivity contribution in [2.24, 2.45) is 0 Å². The van der Waals surface area contributed by atoms with Gasteiger partial charge in [-0.15, -0.1) is 0 Å². The Balaban J connectivity index is 3.59. The van der Waals surface area contributed by atoms with Gasteiger partial charge in [0.25, 0.3) is 0 Å². The van der Waals surface area contributed by atoms with Crippen LogP contribution in [-0.2, 0) is 0 Å². The second kappa shape index (κ2) is 4.45. The van der Waals surface area contributed by atoms with Crippen LogP contribution in [0.5, 0.6) is 0 Å². The quantitative estimate of drug-likeness (QED) is 0.518. The maximum atomic E-state index is 5.56. The van der Waals surface area contributed by atoms with Crippen LogP contribution in [0.1, 0.15) is 6.92 Å². The van der Waals surface area contributed by atoms with E-state index in [1.54, 1.807) is 21.6 Å². The van der Waals surface area contributed by atoms with Crippen LogP contribution in [0.25, 0.3) is 0 Å². The van der Waals surface area contributed by atoms with Crippen molar-refractivity contribution < 1.29 is 0 Å². The molecule has 0 aliphatic rings. The summed E-state index contributed by atoms with van der Waals surface area (Å²) in [6.07, 6.45) is 1.96. The summed E-state index contributed by atoms with van der Waals surface area (Å²) >= 11 is 16.7. The molecule has 0 fully saturated rings. The molecule has 0 heterocycles. The Bertz CT molecular complexity index is 80.4. The molecule has 0 radical (unpaired) electrons. The molecule has 0 N–H and O–H groups in total. The number of hydrogen-bond acceptors (Lipinski definition) is 2. The summed E-state index contributed by atoms with van der Waals surface area (Å²) in [5, 5.41) is 0.0394. The van der Waals surface area contributed by atoms with Gasteiger partial charge in [0.2, 0.25) is 3.79 Å². The molecule has 0 nitrogen and oxygen atoms in total. The fraction of sp³-hybridized carbons (Fsp3) is 1.00. The van der Waals surface area contributed by atoms with Gasteiger partial charge in [-0.2, -0.15) is 0 Å². The van der Waals surface area contributed by atoms with Crippen molar-refractivity contribution in [3.05, 3.63) is 0 Å². The third kappa shape index (κ3) is 4.91. The van der Waals surface area contributed by atoms with Gasteiger partial charge in [0.05, 0.1) is 5.25 Å². The van der Waals surface area contributed by atoms with Gasteiger partial charge in [-0.25, -0.2) is 0 Å². The van der Waals surface area contributed by atoms with Crippen LogP contribution >= 0.6 is 56.4 Å². The molecule has 5 heteroatoms. The minimum absolute atomic E-state index is 0.0394. The van der Waals surface area contributed by atoms with E-state index >= 15 is 0 Å². The van der Waals surface area contributed by atoms with E-state index < -0.39 is 3.79 Å². The normalized spacial score (nSPS) is 15.7. The molecule has 0 bridgehead atoms. The minimum Gasteiger partial charge on any atom is -0.0972 e. The lowest BCUT2D eigenvalue weighted by molar-refractivity contribution is 1.01. The summed E-state index contributed by atoms with van der Waals surface area (Å²) in [6, 6.07) is 0. The average molecular weight is 226 g/mol. The van der Waals surface area contributed by atoms with E-state index in [1.807, 2.05) is 13.2 Å². The molecular weight excluding hydrogens is 219 g/mol. The van der Waals surface area contributed by atoms with Crippen molar-refractivity contribution in [3.63, 3.8) is 0 Å². The van der Waals surface area contributed by atoms with E-state index in [4.69, 9.17) is 34.8 Å². The van der Waals surface area contributed by atoms with E-state index in [1.165, 1.54) is 0 Å².